The van der Waals surface area contributed by atoms with Crippen molar-refractivity contribution in [3.05, 3.63) is 51.3 Å². The quantitative estimate of drug-likeness (QED) is 0.789. The predicted molar refractivity (Wildman–Crippen MR) is 77.9 cm³/mol. The standard InChI is InChI=1S/C17H15N3O2/c1-17-11-8-9-10(8)14(17)20-16(22)18(7-5-3-2-4-6-7)15(21)19(20)13(9)12(11)17/h2-6,8-14H,1H3/t8-,9-,10+,11-,12-,13+,14+,17-/m1/s1. The summed E-state index contributed by atoms with van der Waals surface area (Å²) in [5.41, 5.74) is 0.715. The Balaban J connectivity index is 1.59. The highest BCUT2D eigenvalue weighted by Crippen LogP contribution is 2.96. The van der Waals surface area contributed by atoms with E-state index in [1.54, 1.807) is 0 Å². The van der Waals surface area contributed by atoms with Gasteiger partial charge in [-0.2, -0.15) is 0 Å². The Labute approximate surface area is 125 Å². The molecule has 4 saturated carbocycles. The zero-order chi connectivity index (χ0) is 14.5. The van der Waals surface area contributed by atoms with Crippen molar-refractivity contribution in [1.29, 1.82) is 0 Å². The third-order valence-corrected chi connectivity index (χ3v) is 7.65. The molecule has 4 aliphatic carbocycles. The number of para-hydroxylation sites is 1. The van der Waals surface area contributed by atoms with E-state index in [1.807, 2.05) is 39.7 Å². The second kappa shape index (κ2) is 2.66. The normalized spacial score (nSPS) is 50.1. The van der Waals surface area contributed by atoms with Gasteiger partial charge in [0.05, 0.1) is 17.8 Å². The van der Waals surface area contributed by atoms with Crippen LogP contribution < -0.4 is 11.4 Å². The minimum atomic E-state index is -0.137. The van der Waals surface area contributed by atoms with Crippen LogP contribution in [0.2, 0.25) is 0 Å². The van der Waals surface area contributed by atoms with Gasteiger partial charge in [-0.05, 0) is 47.1 Å². The molecule has 5 nitrogen and oxygen atoms in total. The number of rotatable bonds is 1. The minimum Gasteiger partial charge on any atom is -0.245 e. The summed E-state index contributed by atoms with van der Waals surface area (Å²) in [5, 5.41) is 0. The van der Waals surface area contributed by atoms with Gasteiger partial charge in [0.25, 0.3) is 0 Å². The number of hydrogen-bond acceptors (Lipinski definition) is 2. The topological polar surface area (TPSA) is 48.9 Å². The van der Waals surface area contributed by atoms with Crippen molar-refractivity contribution in [2.24, 2.45) is 35.0 Å². The molecule has 0 amide bonds. The smallest absolute Gasteiger partial charge is 0.245 e. The Morgan fingerprint density at radius 2 is 1.64 bits per heavy atom. The van der Waals surface area contributed by atoms with Crippen molar-refractivity contribution in [3.63, 3.8) is 0 Å². The van der Waals surface area contributed by atoms with Crippen LogP contribution in [0, 0.1) is 35.0 Å². The number of hydrogen-bond donors (Lipinski definition) is 0. The van der Waals surface area contributed by atoms with Crippen LogP contribution >= 0.6 is 0 Å². The third kappa shape index (κ3) is 0.733. The first-order valence-corrected chi connectivity index (χ1v) is 8.19. The summed E-state index contributed by atoms with van der Waals surface area (Å²) in [6.45, 7) is 2.35. The Morgan fingerprint density at radius 3 is 2.32 bits per heavy atom. The van der Waals surface area contributed by atoms with Crippen LogP contribution in [0.4, 0.5) is 0 Å². The van der Waals surface area contributed by atoms with Crippen molar-refractivity contribution in [2.75, 3.05) is 0 Å². The van der Waals surface area contributed by atoms with Gasteiger partial charge in [0.2, 0.25) is 0 Å². The summed E-state index contributed by atoms with van der Waals surface area (Å²) in [6, 6.07) is 9.89. The van der Waals surface area contributed by atoms with E-state index in [0.717, 1.165) is 11.8 Å². The number of benzene rings is 1. The molecule has 4 fully saturated rings. The fraction of sp³-hybridized carbons (Fsp3) is 0.529. The van der Waals surface area contributed by atoms with Crippen molar-refractivity contribution in [2.45, 2.75) is 19.0 Å². The highest BCUT2D eigenvalue weighted by molar-refractivity contribution is 5.42. The van der Waals surface area contributed by atoms with E-state index < -0.39 is 0 Å². The fourth-order valence-corrected chi connectivity index (χ4v) is 7.16. The van der Waals surface area contributed by atoms with Crippen LogP contribution in [-0.4, -0.2) is 13.9 Å². The summed E-state index contributed by atoms with van der Waals surface area (Å²) in [6.07, 6.45) is 0. The molecule has 2 aromatic rings. The molecule has 1 aromatic heterocycles. The first-order chi connectivity index (χ1) is 10.7. The van der Waals surface area contributed by atoms with Gasteiger partial charge in [0, 0.05) is 0 Å². The molecular weight excluding hydrogens is 278 g/mol. The van der Waals surface area contributed by atoms with Gasteiger partial charge in [-0.15, -0.1) is 0 Å². The van der Waals surface area contributed by atoms with E-state index in [4.69, 9.17) is 0 Å². The molecule has 2 bridgehead atoms. The van der Waals surface area contributed by atoms with Gasteiger partial charge in [0.15, 0.2) is 0 Å². The maximum Gasteiger partial charge on any atom is 0.352 e. The molecule has 22 heavy (non-hydrogen) atoms. The summed E-state index contributed by atoms with van der Waals surface area (Å²) >= 11 is 0. The van der Waals surface area contributed by atoms with Crippen LogP contribution in [-0.2, 0) is 0 Å². The van der Waals surface area contributed by atoms with Gasteiger partial charge < -0.3 is 0 Å². The molecule has 1 aromatic carbocycles. The zero-order valence-corrected chi connectivity index (χ0v) is 12.1. The first-order valence-electron chi connectivity index (χ1n) is 8.19. The van der Waals surface area contributed by atoms with E-state index in [2.05, 4.69) is 6.92 Å². The molecule has 5 heteroatoms. The van der Waals surface area contributed by atoms with Gasteiger partial charge in [-0.3, -0.25) is 0 Å². The Hall–Kier alpha value is -2.04. The molecule has 6 aliphatic rings. The average molecular weight is 293 g/mol. The summed E-state index contributed by atoms with van der Waals surface area (Å²) in [5.74, 6) is 3.61. The SMILES string of the molecule is C[C@]12[C@@H]3[C@@H]4[C@@H]5[C@H]4[C@@H]1n1c(=O)n(-c4ccccc4)c(=O)n1[C@@H]5[C@@H]32. The minimum absolute atomic E-state index is 0.134. The van der Waals surface area contributed by atoms with Crippen LogP contribution in [0.1, 0.15) is 19.0 Å². The molecule has 0 N–H and O–H groups in total. The second-order valence-corrected chi connectivity index (χ2v) is 8.01. The molecule has 3 heterocycles. The molecular formula is C17H15N3O2. The number of aromatic nitrogens is 3. The predicted octanol–water partition coefficient (Wildman–Crippen LogP) is 1.04. The first kappa shape index (κ1) is 10.6. The Bertz CT molecular complexity index is 999. The highest BCUT2D eigenvalue weighted by atomic mass is 16.2. The molecule has 8 rings (SSSR count). The lowest BCUT2D eigenvalue weighted by molar-refractivity contribution is 0.0636. The van der Waals surface area contributed by atoms with Gasteiger partial charge >= 0.3 is 11.4 Å². The Morgan fingerprint density at radius 1 is 0.909 bits per heavy atom. The maximum atomic E-state index is 13.0. The Kier molecular flexibility index (Phi) is 1.29. The molecule has 110 valence electrons. The van der Waals surface area contributed by atoms with Crippen molar-refractivity contribution in [3.8, 4) is 5.69 Å². The lowest BCUT2D eigenvalue weighted by atomic mass is 9.80. The van der Waals surface area contributed by atoms with E-state index in [9.17, 15) is 9.59 Å². The van der Waals surface area contributed by atoms with Crippen LogP contribution in [0.25, 0.3) is 5.69 Å². The molecule has 0 radical (unpaired) electrons. The lowest BCUT2D eigenvalue weighted by Crippen LogP contribution is -2.48. The van der Waals surface area contributed by atoms with Crippen LogP contribution in [0.5, 0.6) is 0 Å². The lowest BCUT2D eigenvalue weighted by Gasteiger charge is -2.41. The molecule has 0 unspecified atom stereocenters. The van der Waals surface area contributed by atoms with Crippen molar-refractivity contribution < 1.29 is 0 Å². The summed E-state index contributed by atoms with van der Waals surface area (Å²) < 4.78 is 5.04. The van der Waals surface area contributed by atoms with Gasteiger partial charge in [0.1, 0.15) is 0 Å². The summed E-state index contributed by atoms with van der Waals surface area (Å²) in [4.78, 5) is 26.0. The highest BCUT2D eigenvalue weighted by Gasteiger charge is 2.95. The zero-order valence-electron chi connectivity index (χ0n) is 12.1. The van der Waals surface area contributed by atoms with Gasteiger partial charge in [-0.1, -0.05) is 25.1 Å². The van der Waals surface area contributed by atoms with Crippen LogP contribution in [0.15, 0.2) is 39.9 Å². The van der Waals surface area contributed by atoms with E-state index >= 15 is 0 Å². The monoisotopic (exact) mass is 293 g/mol. The van der Waals surface area contributed by atoms with E-state index in [1.165, 1.54) is 4.57 Å². The largest absolute Gasteiger partial charge is 0.352 e. The molecule has 8 atom stereocenters. The number of nitrogens with zero attached hydrogens (tertiary/aromatic N) is 3. The molecule has 0 spiro atoms. The summed E-state index contributed by atoms with van der Waals surface area (Å²) in [7, 11) is 0. The molecule has 2 aliphatic heterocycles. The second-order valence-electron chi connectivity index (χ2n) is 8.01. The van der Waals surface area contributed by atoms with Crippen molar-refractivity contribution in [1.82, 2.24) is 13.9 Å². The maximum absolute atomic E-state index is 13.0. The van der Waals surface area contributed by atoms with Crippen LogP contribution in [0.3, 0.4) is 0 Å². The van der Waals surface area contributed by atoms with E-state index in [0.29, 0.717) is 34.9 Å². The third-order valence-electron chi connectivity index (χ3n) is 7.65. The fourth-order valence-electron chi connectivity index (χ4n) is 7.16. The van der Waals surface area contributed by atoms with E-state index in [-0.39, 0.29) is 17.4 Å². The van der Waals surface area contributed by atoms with Gasteiger partial charge in [-0.25, -0.2) is 23.5 Å². The van der Waals surface area contributed by atoms with Crippen molar-refractivity contribution >= 4 is 0 Å². The average Bonchev–Trinajstić information content (AvgIpc) is 3.26. The molecule has 0 saturated heterocycles.